The number of ether oxygens (including phenoxy) is 3. The molecule has 1 aromatic rings. The van der Waals surface area contributed by atoms with Crippen LogP contribution in [0, 0.1) is 0 Å². The first kappa shape index (κ1) is 26.7. The van der Waals surface area contributed by atoms with Crippen LogP contribution in [0.2, 0.25) is 0 Å². The Labute approximate surface area is 204 Å². The Balaban J connectivity index is 1.35. The number of hydrogen-bond acceptors (Lipinski definition) is 9. The van der Waals surface area contributed by atoms with E-state index in [1.807, 2.05) is 0 Å². The summed E-state index contributed by atoms with van der Waals surface area (Å²) in [6.07, 6.45) is 2.60. The number of fused-ring (bicyclic) bond motifs is 1. The summed E-state index contributed by atoms with van der Waals surface area (Å²) >= 11 is 0. The zero-order chi connectivity index (χ0) is 25.0. The van der Waals surface area contributed by atoms with E-state index >= 15 is 0 Å². The SMILES string of the molecule is O=C1CCC(N2C(=O)c3cccc(NCCOCCOCCCOCCCCO)c3C2=O)C(=O)N1. The van der Waals surface area contributed by atoms with E-state index in [4.69, 9.17) is 19.3 Å². The van der Waals surface area contributed by atoms with E-state index < -0.39 is 29.7 Å². The Bertz CT molecular complexity index is 907. The van der Waals surface area contributed by atoms with Gasteiger partial charge in [-0.05, 0) is 37.8 Å². The highest BCUT2D eigenvalue weighted by Crippen LogP contribution is 2.32. The predicted octanol–water partition coefficient (Wildman–Crippen LogP) is 0.712. The number of amides is 4. The molecule has 3 N–H and O–H groups in total. The second kappa shape index (κ2) is 13.9. The first-order valence-corrected chi connectivity index (χ1v) is 12.0. The minimum absolute atomic E-state index is 0.0785. The number of benzene rings is 1. The van der Waals surface area contributed by atoms with Gasteiger partial charge in [0.15, 0.2) is 0 Å². The molecule has 1 aromatic carbocycles. The maximum Gasteiger partial charge on any atom is 0.264 e. The number of aliphatic hydroxyl groups is 1. The van der Waals surface area contributed by atoms with Crippen LogP contribution in [0.4, 0.5) is 5.69 Å². The fourth-order valence-corrected chi connectivity index (χ4v) is 3.92. The third-order valence-electron chi connectivity index (χ3n) is 5.68. The van der Waals surface area contributed by atoms with Crippen molar-refractivity contribution in [3.05, 3.63) is 29.3 Å². The maximum absolute atomic E-state index is 13.0. The van der Waals surface area contributed by atoms with Crippen LogP contribution in [0.25, 0.3) is 0 Å². The van der Waals surface area contributed by atoms with Gasteiger partial charge in [0.25, 0.3) is 11.8 Å². The van der Waals surface area contributed by atoms with Crippen LogP contribution >= 0.6 is 0 Å². The molecular formula is C24H33N3O8. The average molecular weight is 492 g/mol. The fourth-order valence-electron chi connectivity index (χ4n) is 3.92. The quantitative estimate of drug-likeness (QED) is 0.225. The second-order valence-corrected chi connectivity index (χ2v) is 8.22. The Morgan fingerprint density at radius 3 is 2.37 bits per heavy atom. The molecule has 3 rings (SSSR count). The highest BCUT2D eigenvalue weighted by molar-refractivity contribution is 6.25. The summed E-state index contributed by atoms with van der Waals surface area (Å²) in [6, 6.07) is 3.94. The number of nitrogens with one attached hydrogen (secondary N) is 2. The number of piperidine rings is 1. The predicted molar refractivity (Wildman–Crippen MR) is 125 cm³/mol. The Morgan fingerprint density at radius 1 is 0.914 bits per heavy atom. The molecule has 2 aliphatic rings. The first-order valence-electron chi connectivity index (χ1n) is 12.0. The Hall–Kier alpha value is -2.86. The summed E-state index contributed by atoms with van der Waals surface area (Å²) in [5.41, 5.74) is 0.954. The van der Waals surface area contributed by atoms with Crippen LogP contribution in [0.5, 0.6) is 0 Å². The van der Waals surface area contributed by atoms with E-state index in [0.29, 0.717) is 51.9 Å². The van der Waals surface area contributed by atoms with Gasteiger partial charge in [0.05, 0.1) is 30.9 Å². The lowest BCUT2D eigenvalue weighted by atomic mass is 10.0. The molecule has 0 radical (unpaired) electrons. The number of anilines is 1. The molecule has 0 bridgehead atoms. The van der Waals surface area contributed by atoms with Gasteiger partial charge in [0, 0.05) is 45.1 Å². The largest absolute Gasteiger partial charge is 0.396 e. The second-order valence-electron chi connectivity index (χ2n) is 8.22. The molecule has 1 fully saturated rings. The van der Waals surface area contributed by atoms with Gasteiger partial charge >= 0.3 is 0 Å². The zero-order valence-electron chi connectivity index (χ0n) is 19.8. The van der Waals surface area contributed by atoms with Crippen molar-refractivity contribution in [1.29, 1.82) is 0 Å². The number of nitrogens with zero attached hydrogens (tertiary/aromatic N) is 1. The Morgan fingerprint density at radius 2 is 1.63 bits per heavy atom. The van der Waals surface area contributed by atoms with Crippen molar-refractivity contribution in [2.75, 3.05) is 58.1 Å². The van der Waals surface area contributed by atoms with Crippen molar-refractivity contribution < 1.29 is 38.5 Å². The van der Waals surface area contributed by atoms with Crippen molar-refractivity contribution >= 4 is 29.3 Å². The van der Waals surface area contributed by atoms with Gasteiger partial charge in [0.1, 0.15) is 6.04 Å². The topological polar surface area (TPSA) is 144 Å². The lowest BCUT2D eigenvalue weighted by Crippen LogP contribution is -2.54. The van der Waals surface area contributed by atoms with Crippen LogP contribution < -0.4 is 10.6 Å². The third kappa shape index (κ3) is 7.31. The minimum atomic E-state index is -0.992. The average Bonchev–Trinajstić information content (AvgIpc) is 3.10. The highest BCUT2D eigenvalue weighted by Gasteiger charge is 2.45. The van der Waals surface area contributed by atoms with Gasteiger partial charge in [0.2, 0.25) is 11.8 Å². The molecule has 11 heteroatoms. The van der Waals surface area contributed by atoms with Crippen LogP contribution in [0.1, 0.15) is 52.8 Å². The Kier molecular flexibility index (Phi) is 10.6. The lowest BCUT2D eigenvalue weighted by Gasteiger charge is -2.27. The van der Waals surface area contributed by atoms with Crippen molar-refractivity contribution in [1.82, 2.24) is 10.2 Å². The fraction of sp³-hybridized carbons (Fsp3) is 0.583. The number of aliphatic hydroxyl groups excluding tert-OH is 1. The third-order valence-corrected chi connectivity index (χ3v) is 5.68. The molecular weight excluding hydrogens is 458 g/mol. The standard InChI is InChI=1S/C24H33N3O8/c28-10-1-2-11-33-12-4-13-34-15-16-35-14-9-25-18-6-3-5-17-21(18)24(32)27(23(17)31)19-7-8-20(29)26-22(19)30/h3,5-6,19,25,28H,1-2,4,7-16H2,(H,26,29,30). The van der Waals surface area contributed by atoms with Crippen LogP contribution in [0.3, 0.4) is 0 Å². The van der Waals surface area contributed by atoms with Crippen molar-refractivity contribution in [3.8, 4) is 0 Å². The van der Waals surface area contributed by atoms with Crippen molar-refractivity contribution in [2.45, 2.75) is 38.1 Å². The summed E-state index contributed by atoms with van der Waals surface area (Å²) in [4.78, 5) is 50.5. The summed E-state index contributed by atoms with van der Waals surface area (Å²) in [7, 11) is 0. The van der Waals surface area contributed by atoms with Gasteiger partial charge < -0.3 is 24.6 Å². The molecule has 4 amide bonds. The van der Waals surface area contributed by atoms with E-state index in [1.165, 1.54) is 0 Å². The first-order chi connectivity index (χ1) is 17.0. The molecule has 0 aromatic heterocycles. The maximum atomic E-state index is 13.0. The summed E-state index contributed by atoms with van der Waals surface area (Å²) in [5.74, 6) is -2.12. The number of unbranched alkanes of at least 4 members (excludes halogenated alkanes) is 1. The molecule has 2 aliphatic heterocycles. The van der Waals surface area contributed by atoms with Crippen LogP contribution in [-0.2, 0) is 23.8 Å². The molecule has 192 valence electrons. The normalized spacial score (nSPS) is 17.6. The van der Waals surface area contributed by atoms with Gasteiger partial charge in [-0.1, -0.05) is 6.07 Å². The van der Waals surface area contributed by atoms with E-state index in [2.05, 4.69) is 10.6 Å². The lowest BCUT2D eigenvalue weighted by molar-refractivity contribution is -0.136. The zero-order valence-corrected chi connectivity index (χ0v) is 19.8. The van der Waals surface area contributed by atoms with Gasteiger partial charge in [-0.2, -0.15) is 0 Å². The van der Waals surface area contributed by atoms with Crippen LogP contribution in [0.15, 0.2) is 18.2 Å². The van der Waals surface area contributed by atoms with E-state index in [0.717, 1.165) is 24.2 Å². The molecule has 2 heterocycles. The molecule has 35 heavy (non-hydrogen) atoms. The molecule has 1 saturated heterocycles. The van der Waals surface area contributed by atoms with Gasteiger partial charge in [-0.15, -0.1) is 0 Å². The van der Waals surface area contributed by atoms with E-state index in [1.54, 1.807) is 18.2 Å². The summed E-state index contributed by atoms with van der Waals surface area (Å²) in [5, 5.41) is 14.0. The van der Waals surface area contributed by atoms with Crippen molar-refractivity contribution in [3.63, 3.8) is 0 Å². The number of hydrogen-bond donors (Lipinski definition) is 3. The molecule has 1 unspecified atom stereocenters. The van der Waals surface area contributed by atoms with Crippen molar-refractivity contribution in [2.24, 2.45) is 0 Å². The van der Waals surface area contributed by atoms with Crippen LogP contribution in [-0.4, -0.2) is 92.5 Å². The van der Waals surface area contributed by atoms with Gasteiger partial charge in [-0.25, -0.2) is 0 Å². The summed E-state index contributed by atoms with van der Waals surface area (Å²) < 4.78 is 16.5. The molecule has 11 nitrogen and oxygen atoms in total. The molecule has 0 spiro atoms. The van der Waals surface area contributed by atoms with Gasteiger partial charge in [-0.3, -0.25) is 29.4 Å². The molecule has 0 saturated carbocycles. The monoisotopic (exact) mass is 491 g/mol. The molecule has 1 atom stereocenters. The molecule has 0 aliphatic carbocycles. The highest BCUT2D eigenvalue weighted by atomic mass is 16.5. The number of carbonyl (C=O) groups is 4. The number of imide groups is 2. The van der Waals surface area contributed by atoms with E-state index in [-0.39, 0.29) is 30.6 Å². The minimum Gasteiger partial charge on any atom is -0.396 e. The number of rotatable bonds is 16. The number of carbonyl (C=O) groups excluding carboxylic acids is 4. The van der Waals surface area contributed by atoms with E-state index in [9.17, 15) is 19.2 Å². The summed E-state index contributed by atoms with van der Waals surface area (Å²) in [6.45, 7) is 3.72. The smallest absolute Gasteiger partial charge is 0.264 e.